The number of nitrogens with two attached hydrogens (primary N) is 1. The van der Waals surface area contributed by atoms with Gasteiger partial charge >= 0.3 is 0 Å². The van der Waals surface area contributed by atoms with Crippen LogP contribution in [0.25, 0.3) is 0 Å². The lowest BCUT2D eigenvalue weighted by molar-refractivity contribution is 0.414. The minimum absolute atomic E-state index is 0.0558. The van der Waals surface area contributed by atoms with Gasteiger partial charge in [0.1, 0.15) is 16.5 Å². The molecule has 106 valence electrons. The molecular formula is C11H11ClN4O3S. The van der Waals surface area contributed by atoms with E-state index in [1.54, 1.807) is 0 Å². The van der Waals surface area contributed by atoms with E-state index < -0.39 is 10.0 Å². The van der Waals surface area contributed by atoms with Gasteiger partial charge in [-0.15, -0.1) is 0 Å². The first kappa shape index (κ1) is 14.4. The molecule has 9 heteroatoms. The predicted molar refractivity (Wildman–Crippen MR) is 75.3 cm³/mol. The smallest absolute Gasteiger partial charge is 0.265 e. The topological polar surface area (TPSA) is 107 Å². The van der Waals surface area contributed by atoms with Crippen molar-refractivity contribution in [2.45, 2.75) is 4.90 Å². The quantitative estimate of drug-likeness (QED) is 0.654. The van der Waals surface area contributed by atoms with Gasteiger partial charge in [-0.1, -0.05) is 0 Å². The highest BCUT2D eigenvalue weighted by atomic mass is 35.5. The fraction of sp³-hybridized carbons (Fsp3) is 0.0909. The number of nitrogen functional groups attached to an aromatic ring is 1. The number of rotatable bonds is 4. The average Bonchev–Trinajstić information content (AvgIpc) is 2.37. The van der Waals surface area contributed by atoms with Crippen molar-refractivity contribution >= 4 is 33.1 Å². The Morgan fingerprint density at radius 1 is 1.35 bits per heavy atom. The van der Waals surface area contributed by atoms with E-state index in [-0.39, 0.29) is 21.7 Å². The van der Waals surface area contributed by atoms with Crippen molar-refractivity contribution in [3.05, 3.63) is 35.7 Å². The predicted octanol–water partition coefficient (Wildman–Crippen LogP) is 1.52. The number of anilines is 2. The average molecular weight is 315 g/mol. The van der Waals surface area contributed by atoms with Crippen molar-refractivity contribution in [1.82, 2.24) is 9.97 Å². The van der Waals surface area contributed by atoms with Crippen molar-refractivity contribution < 1.29 is 13.2 Å². The Kier molecular flexibility index (Phi) is 3.96. The standard InChI is InChI=1S/C11H11ClN4O3S/c1-19-7-2-3-9(8(13)6-7)20(17,18)16-10-4-5-14-11(12)15-10/h2-6H,13H2,1H3,(H,14,15,16). The summed E-state index contributed by atoms with van der Waals surface area (Å²) in [5, 5.41) is -0.0621. The number of nitrogens with one attached hydrogen (secondary N) is 1. The van der Waals surface area contributed by atoms with E-state index in [9.17, 15) is 8.42 Å². The Morgan fingerprint density at radius 2 is 2.10 bits per heavy atom. The lowest BCUT2D eigenvalue weighted by Gasteiger charge is -2.10. The highest BCUT2D eigenvalue weighted by molar-refractivity contribution is 7.92. The third-order valence-corrected chi connectivity index (χ3v) is 3.98. The highest BCUT2D eigenvalue weighted by Gasteiger charge is 2.18. The fourth-order valence-corrected chi connectivity index (χ4v) is 2.75. The van der Waals surface area contributed by atoms with Crippen LogP contribution in [0.4, 0.5) is 11.5 Å². The summed E-state index contributed by atoms with van der Waals surface area (Å²) < 4.78 is 31.6. The molecule has 0 bridgehead atoms. The van der Waals surface area contributed by atoms with Crippen molar-refractivity contribution in [2.24, 2.45) is 0 Å². The van der Waals surface area contributed by atoms with Crippen molar-refractivity contribution in [3.8, 4) is 5.75 Å². The number of hydrogen-bond donors (Lipinski definition) is 2. The molecule has 0 unspecified atom stereocenters. The molecular weight excluding hydrogens is 304 g/mol. The van der Waals surface area contributed by atoms with Crippen LogP contribution < -0.4 is 15.2 Å². The zero-order valence-electron chi connectivity index (χ0n) is 10.4. The van der Waals surface area contributed by atoms with Gasteiger partial charge < -0.3 is 10.5 Å². The van der Waals surface area contributed by atoms with Gasteiger partial charge in [0, 0.05) is 12.3 Å². The molecule has 0 aliphatic heterocycles. The van der Waals surface area contributed by atoms with E-state index in [4.69, 9.17) is 22.1 Å². The van der Waals surface area contributed by atoms with Crippen molar-refractivity contribution in [2.75, 3.05) is 17.6 Å². The monoisotopic (exact) mass is 314 g/mol. The maximum Gasteiger partial charge on any atom is 0.265 e. The molecule has 1 aromatic carbocycles. The number of nitrogens with zero attached hydrogens (tertiary/aromatic N) is 2. The van der Waals surface area contributed by atoms with Crippen molar-refractivity contribution in [3.63, 3.8) is 0 Å². The van der Waals surface area contributed by atoms with E-state index >= 15 is 0 Å². The molecule has 0 aliphatic carbocycles. The van der Waals surface area contributed by atoms with Gasteiger partial charge in [-0.2, -0.15) is 4.98 Å². The Hall–Kier alpha value is -2.06. The SMILES string of the molecule is COc1ccc(S(=O)(=O)Nc2ccnc(Cl)n2)c(N)c1. The number of benzene rings is 1. The third kappa shape index (κ3) is 3.09. The molecule has 0 spiro atoms. The van der Waals surface area contributed by atoms with E-state index in [0.717, 1.165) is 0 Å². The zero-order chi connectivity index (χ0) is 14.8. The summed E-state index contributed by atoms with van der Waals surface area (Å²) in [5.41, 5.74) is 5.78. The summed E-state index contributed by atoms with van der Waals surface area (Å²) in [5.74, 6) is 0.520. The summed E-state index contributed by atoms with van der Waals surface area (Å²) in [6.07, 6.45) is 1.34. The zero-order valence-corrected chi connectivity index (χ0v) is 11.9. The maximum atomic E-state index is 12.2. The van der Waals surface area contributed by atoms with Crippen LogP contribution >= 0.6 is 11.6 Å². The Bertz CT molecular complexity index is 736. The molecule has 0 saturated carbocycles. The summed E-state index contributed by atoms with van der Waals surface area (Å²) in [4.78, 5) is 7.33. The van der Waals surface area contributed by atoms with Crippen LogP contribution in [-0.2, 0) is 10.0 Å². The van der Waals surface area contributed by atoms with Crippen LogP contribution in [0.5, 0.6) is 5.75 Å². The lowest BCUT2D eigenvalue weighted by atomic mass is 10.3. The summed E-state index contributed by atoms with van der Waals surface area (Å²) in [6.45, 7) is 0. The van der Waals surface area contributed by atoms with Gasteiger partial charge in [-0.3, -0.25) is 4.72 Å². The summed E-state index contributed by atoms with van der Waals surface area (Å²) >= 11 is 5.59. The second kappa shape index (κ2) is 5.51. The van der Waals surface area contributed by atoms with Gasteiger partial charge in [0.2, 0.25) is 5.28 Å². The van der Waals surface area contributed by atoms with Crippen LogP contribution in [0.15, 0.2) is 35.4 Å². The van der Waals surface area contributed by atoms with Crippen LogP contribution in [0.1, 0.15) is 0 Å². The fourth-order valence-electron chi connectivity index (χ4n) is 1.48. The van der Waals surface area contributed by atoms with Gasteiger partial charge in [0.05, 0.1) is 12.8 Å². The first-order chi connectivity index (χ1) is 9.42. The Balaban J connectivity index is 2.36. The van der Waals surface area contributed by atoms with Gasteiger partial charge in [0.25, 0.3) is 10.0 Å². The van der Waals surface area contributed by atoms with Gasteiger partial charge in [-0.05, 0) is 29.8 Å². The molecule has 0 fully saturated rings. The molecule has 7 nitrogen and oxygen atoms in total. The van der Waals surface area contributed by atoms with Gasteiger partial charge in [-0.25, -0.2) is 13.4 Å². The first-order valence-corrected chi connectivity index (χ1v) is 7.23. The number of methoxy groups -OCH3 is 1. The number of ether oxygens (including phenoxy) is 1. The number of hydrogen-bond acceptors (Lipinski definition) is 6. The summed E-state index contributed by atoms with van der Waals surface area (Å²) in [7, 11) is -2.40. The molecule has 3 N–H and O–H groups in total. The maximum absolute atomic E-state index is 12.2. The molecule has 0 aliphatic rings. The van der Waals surface area contributed by atoms with Crippen LogP contribution in [0.3, 0.4) is 0 Å². The van der Waals surface area contributed by atoms with E-state index in [1.807, 2.05) is 0 Å². The molecule has 1 aromatic heterocycles. The second-order valence-electron chi connectivity index (χ2n) is 3.72. The molecule has 0 radical (unpaired) electrons. The Labute approximate surface area is 120 Å². The molecule has 0 saturated heterocycles. The number of sulfonamides is 1. The van der Waals surface area contributed by atoms with E-state index in [1.165, 1.54) is 37.6 Å². The Morgan fingerprint density at radius 3 is 2.70 bits per heavy atom. The van der Waals surface area contributed by atoms with Crippen LogP contribution in [0.2, 0.25) is 5.28 Å². The first-order valence-electron chi connectivity index (χ1n) is 5.37. The molecule has 1 heterocycles. The number of aromatic nitrogens is 2. The highest BCUT2D eigenvalue weighted by Crippen LogP contribution is 2.25. The minimum atomic E-state index is -3.87. The summed E-state index contributed by atoms with van der Waals surface area (Å²) in [6, 6.07) is 5.64. The molecule has 0 amide bonds. The normalized spacial score (nSPS) is 11.1. The lowest BCUT2D eigenvalue weighted by Crippen LogP contribution is -2.15. The second-order valence-corrected chi connectivity index (χ2v) is 5.71. The molecule has 0 atom stereocenters. The van der Waals surface area contributed by atoms with Crippen LogP contribution in [0, 0.1) is 0 Å². The largest absolute Gasteiger partial charge is 0.497 e. The number of halogens is 1. The third-order valence-electron chi connectivity index (χ3n) is 2.37. The van der Waals surface area contributed by atoms with Gasteiger partial charge in [0.15, 0.2) is 0 Å². The van der Waals surface area contributed by atoms with Crippen molar-refractivity contribution in [1.29, 1.82) is 0 Å². The molecule has 2 rings (SSSR count). The van der Waals surface area contributed by atoms with Crippen LogP contribution in [-0.4, -0.2) is 25.5 Å². The minimum Gasteiger partial charge on any atom is -0.497 e. The molecule has 2 aromatic rings. The molecule has 20 heavy (non-hydrogen) atoms. The van der Waals surface area contributed by atoms with E-state index in [2.05, 4.69) is 14.7 Å². The van der Waals surface area contributed by atoms with E-state index in [0.29, 0.717) is 5.75 Å².